The smallest absolute Gasteiger partial charge is 0.434 e. The van der Waals surface area contributed by atoms with Crippen LogP contribution in [0.2, 0.25) is 0 Å². The summed E-state index contributed by atoms with van der Waals surface area (Å²) in [5.41, 5.74) is 0. The van der Waals surface area contributed by atoms with E-state index in [0.717, 1.165) is 12.8 Å². The lowest BCUT2D eigenvalue weighted by Gasteiger charge is -2.27. The molecule has 0 aromatic heterocycles. The lowest BCUT2D eigenvalue weighted by atomic mass is 9.95. The Bertz CT molecular complexity index is 358. The lowest BCUT2D eigenvalue weighted by Crippen LogP contribution is -2.30. The van der Waals surface area contributed by atoms with Crippen molar-refractivity contribution in [2.24, 2.45) is 5.92 Å². The lowest BCUT2D eigenvalue weighted by molar-refractivity contribution is -0.0327. The van der Waals surface area contributed by atoms with Crippen molar-refractivity contribution in [3.8, 4) is 0 Å². The molecule has 0 spiro atoms. The minimum atomic E-state index is -0.631. The van der Waals surface area contributed by atoms with E-state index in [1.165, 1.54) is 0 Å². The fourth-order valence-corrected chi connectivity index (χ4v) is 2.44. The average Bonchev–Trinajstić information content (AvgIpc) is 2.44. The van der Waals surface area contributed by atoms with Gasteiger partial charge in [0, 0.05) is 0 Å². The molecule has 1 rings (SSSR count). The first kappa shape index (κ1) is 19.6. The highest BCUT2D eigenvalue weighted by molar-refractivity contribution is 5.60. The first-order chi connectivity index (χ1) is 10.9. The van der Waals surface area contributed by atoms with Gasteiger partial charge in [0.15, 0.2) is 0 Å². The first-order valence-electron chi connectivity index (χ1n) is 8.57. The monoisotopic (exact) mass is 330 g/mol. The van der Waals surface area contributed by atoms with E-state index in [2.05, 4.69) is 13.8 Å². The van der Waals surface area contributed by atoms with E-state index in [4.69, 9.17) is 18.9 Å². The van der Waals surface area contributed by atoms with Gasteiger partial charge in [-0.3, -0.25) is 0 Å². The Balaban J connectivity index is 2.13. The highest BCUT2D eigenvalue weighted by Crippen LogP contribution is 2.24. The molecule has 0 aromatic carbocycles. The molecule has 0 amide bonds. The van der Waals surface area contributed by atoms with E-state index in [1.807, 2.05) is 0 Å². The van der Waals surface area contributed by atoms with Gasteiger partial charge in [-0.1, -0.05) is 13.8 Å². The maximum absolute atomic E-state index is 11.6. The van der Waals surface area contributed by atoms with Gasteiger partial charge in [0.2, 0.25) is 0 Å². The van der Waals surface area contributed by atoms with E-state index in [-0.39, 0.29) is 18.3 Å². The largest absolute Gasteiger partial charge is 0.508 e. The molecular weight excluding hydrogens is 300 g/mol. The third-order valence-electron chi connectivity index (χ3n) is 3.62. The van der Waals surface area contributed by atoms with Gasteiger partial charge >= 0.3 is 12.3 Å². The van der Waals surface area contributed by atoms with E-state index < -0.39 is 12.3 Å². The molecule has 0 saturated heterocycles. The number of carbonyl (C=O) groups excluding carboxylic acids is 2. The number of hydrogen-bond acceptors (Lipinski definition) is 6. The second-order valence-electron chi connectivity index (χ2n) is 6.69. The van der Waals surface area contributed by atoms with E-state index >= 15 is 0 Å². The van der Waals surface area contributed by atoms with Crippen LogP contribution in [-0.2, 0) is 18.9 Å². The Morgan fingerprint density at radius 2 is 1.43 bits per heavy atom. The highest BCUT2D eigenvalue weighted by atomic mass is 16.7. The van der Waals surface area contributed by atoms with E-state index in [1.54, 1.807) is 13.8 Å². The minimum absolute atomic E-state index is 0.159. The summed E-state index contributed by atoms with van der Waals surface area (Å²) in [5.74, 6) is 0.604. The summed E-state index contributed by atoms with van der Waals surface area (Å²) in [5, 5.41) is 0. The van der Waals surface area contributed by atoms with Crippen LogP contribution in [0.5, 0.6) is 0 Å². The number of rotatable bonds is 7. The van der Waals surface area contributed by atoms with Crippen molar-refractivity contribution in [1.29, 1.82) is 0 Å². The minimum Gasteiger partial charge on any atom is -0.434 e. The highest BCUT2D eigenvalue weighted by Gasteiger charge is 2.27. The van der Waals surface area contributed by atoms with Crippen molar-refractivity contribution in [3.05, 3.63) is 0 Å². The summed E-state index contributed by atoms with van der Waals surface area (Å²) in [6.07, 6.45) is 2.81. The number of hydrogen-bond donors (Lipinski definition) is 0. The molecule has 1 fully saturated rings. The Hall–Kier alpha value is -1.46. The quantitative estimate of drug-likeness (QED) is 0.507. The molecule has 1 saturated carbocycles. The summed E-state index contributed by atoms with van der Waals surface area (Å²) in [6, 6.07) is 0. The van der Waals surface area contributed by atoms with Crippen LogP contribution in [0.15, 0.2) is 0 Å². The molecule has 134 valence electrons. The zero-order valence-corrected chi connectivity index (χ0v) is 14.7. The molecule has 0 N–H and O–H groups in total. The first-order valence-corrected chi connectivity index (χ1v) is 8.57. The zero-order chi connectivity index (χ0) is 17.2. The second kappa shape index (κ2) is 10.3. The van der Waals surface area contributed by atoms with Crippen molar-refractivity contribution in [2.75, 3.05) is 6.61 Å². The van der Waals surface area contributed by atoms with Crippen LogP contribution in [0.1, 0.15) is 66.2 Å². The molecule has 0 bridgehead atoms. The normalized spacial score (nSPS) is 21.1. The average molecular weight is 330 g/mol. The summed E-state index contributed by atoms with van der Waals surface area (Å²) >= 11 is 0. The molecular formula is C17H30O6. The number of carbonyl (C=O) groups is 2. The van der Waals surface area contributed by atoms with Crippen LogP contribution >= 0.6 is 0 Å². The third kappa shape index (κ3) is 9.31. The standard InChI is InChI=1S/C17H30O6/c1-12(2)6-5-11-20-16(18)22-14-7-9-15(10-8-14)23-17(19)21-13(3)4/h12-15H,5-11H2,1-4H3. The molecule has 23 heavy (non-hydrogen) atoms. The van der Waals surface area contributed by atoms with Crippen LogP contribution in [-0.4, -0.2) is 37.2 Å². The van der Waals surface area contributed by atoms with Gasteiger partial charge in [0.1, 0.15) is 12.2 Å². The van der Waals surface area contributed by atoms with Crippen molar-refractivity contribution < 1.29 is 28.5 Å². The Kier molecular flexibility index (Phi) is 8.81. The van der Waals surface area contributed by atoms with Gasteiger partial charge in [-0.15, -0.1) is 0 Å². The predicted molar refractivity (Wildman–Crippen MR) is 85.3 cm³/mol. The summed E-state index contributed by atoms with van der Waals surface area (Å²) in [4.78, 5) is 23.0. The molecule has 1 aliphatic carbocycles. The molecule has 0 aliphatic heterocycles. The zero-order valence-electron chi connectivity index (χ0n) is 14.7. The molecule has 0 unspecified atom stereocenters. The van der Waals surface area contributed by atoms with Crippen LogP contribution in [0.3, 0.4) is 0 Å². The van der Waals surface area contributed by atoms with Gasteiger partial charge in [0.05, 0.1) is 12.7 Å². The number of ether oxygens (including phenoxy) is 4. The summed E-state index contributed by atoms with van der Waals surface area (Å²) in [7, 11) is 0. The molecule has 0 atom stereocenters. The van der Waals surface area contributed by atoms with Gasteiger partial charge in [-0.25, -0.2) is 9.59 Å². The topological polar surface area (TPSA) is 71.1 Å². The van der Waals surface area contributed by atoms with Crippen LogP contribution in [0, 0.1) is 5.92 Å². The Labute approximate surface area is 138 Å². The van der Waals surface area contributed by atoms with E-state index in [9.17, 15) is 9.59 Å². The Morgan fingerprint density at radius 1 is 0.913 bits per heavy atom. The maximum Gasteiger partial charge on any atom is 0.508 e. The van der Waals surface area contributed by atoms with Crippen LogP contribution in [0.4, 0.5) is 9.59 Å². The van der Waals surface area contributed by atoms with Crippen molar-refractivity contribution in [1.82, 2.24) is 0 Å². The van der Waals surface area contributed by atoms with Gasteiger partial charge in [-0.2, -0.15) is 0 Å². The SMILES string of the molecule is CC(C)CCCOC(=O)OC1CCC(OC(=O)OC(C)C)CC1. The molecule has 0 aromatic rings. The molecule has 1 aliphatic rings. The maximum atomic E-state index is 11.6. The third-order valence-corrected chi connectivity index (χ3v) is 3.62. The molecule has 6 heteroatoms. The molecule has 0 heterocycles. The van der Waals surface area contributed by atoms with Gasteiger partial charge < -0.3 is 18.9 Å². The summed E-state index contributed by atoms with van der Waals surface area (Å²) < 4.78 is 20.5. The summed E-state index contributed by atoms with van der Waals surface area (Å²) in [6.45, 7) is 8.22. The molecule has 0 radical (unpaired) electrons. The van der Waals surface area contributed by atoms with Crippen molar-refractivity contribution >= 4 is 12.3 Å². The van der Waals surface area contributed by atoms with Crippen molar-refractivity contribution in [2.45, 2.75) is 84.5 Å². The van der Waals surface area contributed by atoms with E-state index in [0.29, 0.717) is 38.2 Å². The fourth-order valence-electron chi connectivity index (χ4n) is 2.44. The van der Waals surface area contributed by atoms with Crippen LogP contribution < -0.4 is 0 Å². The Morgan fingerprint density at radius 3 is 1.91 bits per heavy atom. The fraction of sp³-hybridized carbons (Fsp3) is 0.882. The van der Waals surface area contributed by atoms with Crippen molar-refractivity contribution in [3.63, 3.8) is 0 Å². The predicted octanol–water partition coefficient (Wildman–Crippen LogP) is 4.45. The second-order valence-corrected chi connectivity index (χ2v) is 6.69. The van der Waals surface area contributed by atoms with Gasteiger partial charge in [0.25, 0.3) is 0 Å². The molecule has 6 nitrogen and oxygen atoms in total. The van der Waals surface area contributed by atoms with Crippen LogP contribution in [0.25, 0.3) is 0 Å². The van der Waals surface area contributed by atoms with Gasteiger partial charge in [-0.05, 0) is 58.3 Å².